The van der Waals surface area contributed by atoms with Gasteiger partial charge in [0.25, 0.3) is 0 Å². The van der Waals surface area contributed by atoms with E-state index >= 15 is 0 Å². The van der Waals surface area contributed by atoms with Crippen LogP contribution in [-0.2, 0) is 0 Å². The number of hydrogen-bond donors (Lipinski definition) is 3. The fraction of sp³-hybridized carbons (Fsp3) is 0. The van der Waals surface area contributed by atoms with Crippen LogP contribution in [0, 0.1) is 0 Å². The predicted molar refractivity (Wildman–Crippen MR) is 93.0 cm³/mol. The number of anilines is 1. The summed E-state index contributed by atoms with van der Waals surface area (Å²) in [5, 5.41) is 10.5. The minimum Gasteiger partial charge on any atom is -0.508 e. The average molecular weight is 301 g/mol. The van der Waals surface area contributed by atoms with Gasteiger partial charge < -0.3 is 15.8 Å². The molecule has 0 saturated heterocycles. The molecule has 0 atom stereocenters. The number of nitrogens with zero attached hydrogens (tertiary/aromatic N) is 1. The van der Waals surface area contributed by atoms with Crippen molar-refractivity contribution in [1.29, 1.82) is 0 Å². The summed E-state index contributed by atoms with van der Waals surface area (Å²) < 4.78 is 0. The molecule has 4 aromatic rings. The Kier molecular flexibility index (Phi) is 3.01. The van der Waals surface area contributed by atoms with E-state index in [1.807, 2.05) is 48.8 Å². The fourth-order valence-electron chi connectivity index (χ4n) is 2.72. The van der Waals surface area contributed by atoms with Crippen molar-refractivity contribution in [3.8, 4) is 28.0 Å². The lowest BCUT2D eigenvalue weighted by atomic mass is 10.0. The number of fused-ring (bicyclic) bond motifs is 1. The van der Waals surface area contributed by atoms with E-state index in [0.717, 1.165) is 39.0 Å². The molecule has 0 radical (unpaired) electrons. The van der Waals surface area contributed by atoms with Crippen molar-refractivity contribution in [2.75, 3.05) is 5.73 Å². The Morgan fingerprint density at radius 2 is 1.57 bits per heavy atom. The number of phenolic OH excluding ortho intramolecular Hbond substituents is 1. The van der Waals surface area contributed by atoms with Gasteiger partial charge >= 0.3 is 0 Å². The number of aromatic nitrogens is 2. The normalized spacial score (nSPS) is 11.0. The molecule has 2 aromatic heterocycles. The first kappa shape index (κ1) is 13.4. The zero-order valence-corrected chi connectivity index (χ0v) is 12.3. The van der Waals surface area contributed by atoms with Gasteiger partial charge in [-0.1, -0.05) is 24.3 Å². The Morgan fingerprint density at radius 1 is 0.870 bits per heavy atom. The number of nitrogens with one attached hydrogen (secondary N) is 1. The van der Waals surface area contributed by atoms with Crippen LogP contribution < -0.4 is 5.73 Å². The molecular formula is C19H15N3O. The van der Waals surface area contributed by atoms with Crippen molar-refractivity contribution in [3.63, 3.8) is 0 Å². The molecule has 0 amide bonds. The molecule has 0 saturated carbocycles. The molecule has 2 heterocycles. The van der Waals surface area contributed by atoms with Crippen LogP contribution in [-0.4, -0.2) is 15.1 Å². The Morgan fingerprint density at radius 3 is 2.30 bits per heavy atom. The number of rotatable bonds is 2. The smallest absolute Gasteiger partial charge is 0.137 e. The van der Waals surface area contributed by atoms with E-state index in [2.05, 4.69) is 16.0 Å². The van der Waals surface area contributed by atoms with Crippen LogP contribution in [0.1, 0.15) is 0 Å². The van der Waals surface area contributed by atoms with E-state index in [9.17, 15) is 5.11 Å². The van der Waals surface area contributed by atoms with E-state index in [4.69, 9.17) is 5.73 Å². The van der Waals surface area contributed by atoms with Gasteiger partial charge in [-0.3, -0.25) is 0 Å². The molecule has 4 heteroatoms. The lowest BCUT2D eigenvalue weighted by molar-refractivity contribution is 0.475. The molecule has 112 valence electrons. The summed E-state index contributed by atoms with van der Waals surface area (Å²) in [4.78, 5) is 7.70. The molecule has 0 unspecified atom stereocenters. The quantitative estimate of drug-likeness (QED) is 0.486. The highest BCUT2D eigenvalue weighted by atomic mass is 16.3. The number of nitrogens with two attached hydrogens (primary N) is 1. The molecule has 4 nitrogen and oxygen atoms in total. The fourth-order valence-corrected chi connectivity index (χ4v) is 2.72. The SMILES string of the molecule is Nc1ccc(-c2cnc3[nH]cc(-c4ccc(O)cc4)c3c2)cc1. The molecular weight excluding hydrogens is 286 g/mol. The number of pyridine rings is 1. The van der Waals surface area contributed by atoms with Gasteiger partial charge in [-0.05, 0) is 41.5 Å². The van der Waals surface area contributed by atoms with Crippen molar-refractivity contribution in [2.45, 2.75) is 0 Å². The minimum atomic E-state index is 0.259. The molecule has 0 aliphatic carbocycles. The maximum Gasteiger partial charge on any atom is 0.137 e. The Hall–Kier alpha value is -3.27. The van der Waals surface area contributed by atoms with Crippen LogP contribution in [0.25, 0.3) is 33.3 Å². The maximum atomic E-state index is 9.45. The van der Waals surface area contributed by atoms with Gasteiger partial charge in [-0.2, -0.15) is 0 Å². The van der Waals surface area contributed by atoms with Gasteiger partial charge in [0.1, 0.15) is 11.4 Å². The van der Waals surface area contributed by atoms with Crippen LogP contribution in [0.2, 0.25) is 0 Å². The monoisotopic (exact) mass is 301 g/mol. The average Bonchev–Trinajstić information content (AvgIpc) is 2.99. The van der Waals surface area contributed by atoms with Crippen LogP contribution in [0.5, 0.6) is 5.75 Å². The second-order valence-electron chi connectivity index (χ2n) is 5.49. The van der Waals surface area contributed by atoms with Gasteiger partial charge in [-0.15, -0.1) is 0 Å². The number of aromatic hydroxyl groups is 1. The largest absolute Gasteiger partial charge is 0.508 e. The predicted octanol–water partition coefficient (Wildman–Crippen LogP) is 4.18. The summed E-state index contributed by atoms with van der Waals surface area (Å²) >= 11 is 0. The highest BCUT2D eigenvalue weighted by Gasteiger charge is 2.09. The molecule has 0 spiro atoms. The Bertz CT molecular complexity index is 970. The highest BCUT2D eigenvalue weighted by Crippen LogP contribution is 2.31. The summed E-state index contributed by atoms with van der Waals surface area (Å²) in [6.07, 6.45) is 3.79. The summed E-state index contributed by atoms with van der Waals surface area (Å²) in [7, 11) is 0. The second kappa shape index (κ2) is 5.18. The molecule has 0 fully saturated rings. The van der Waals surface area contributed by atoms with Gasteiger partial charge in [0.2, 0.25) is 0 Å². The highest BCUT2D eigenvalue weighted by molar-refractivity contribution is 5.95. The molecule has 4 N–H and O–H groups in total. The third-order valence-electron chi connectivity index (χ3n) is 3.95. The van der Waals surface area contributed by atoms with Crippen molar-refractivity contribution in [2.24, 2.45) is 0 Å². The number of nitrogen functional groups attached to an aromatic ring is 1. The standard InChI is InChI=1S/C19H15N3O/c20-15-5-1-12(2-6-15)14-9-17-18(11-22-19(17)21-10-14)13-3-7-16(23)8-4-13/h1-11,23H,20H2,(H,21,22). The van der Waals surface area contributed by atoms with Crippen LogP contribution in [0.4, 0.5) is 5.69 Å². The van der Waals surface area contributed by atoms with E-state index in [-0.39, 0.29) is 5.75 Å². The number of benzene rings is 2. The van der Waals surface area contributed by atoms with E-state index in [0.29, 0.717) is 0 Å². The molecule has 4 rings (SSSR count). The maximum absolute atomic E-state index is 9.45. The molecule has 0 aliphatic rings. The summed E-state index contributed by atoms with van der Waals surface area (Å²) in [5.41, 5.74) is 11.5. The van der Waals surface area contributed by atoms with E-state index in [1.54, 1.807) is 12.1 Å². The van der Waals surface area contributed by atoms with E-state index < -0.39 is 0 Å². The van der Waals surface area contributed by atoms with Crippen molar-refractivity contribution in [3.05, 3.63) is 67.0 Å². The Balaban J connectivity index is 1.86. The van der Waals surface area contributed by atoms with Crippen LogP contribution in [0.15, 0.2) is 67.0 Å². The number of phenols is 1. The van der Waals surface area contributed by atoms with Crippen LogP contribution in [0.3, 0.4) is 0 Å². The number of aromatic amines is 1. The zero-order chi connectivity index (χ0) is 15.8. The first-order valence-corrected chi connectivity index (χ1v) is 7.33. The third kappa shape index (κ3) is 2.40. The van der Waals surface area contributed by atoms with Gasteiger partial charge in [0.05, 0.1) is 0 Å². The summed E-state index contributed by atoms with van der Waals surface area (Å²) in [6.45, 7) is 0. The molecule has 23 heavy (non-hydrogen) atoms. The summed E-state index contributed by atoms with van der Waals surface area (Å²) in [5.74, 6) is 0.259. The Labute approximate surface area is 133 Å². The first-order chi connectivity index (χ1) is 11.2. The van der Waals surface area contributed by atoms with Gasteiger partial charge in [-0.25, -0.2) is 4.98 Å². The first-order valence-electron chi connectivity index (χ1n) is 7.33. The van der Waals surface area contributed by atoms with E-state index in [1.165, 1.54) is 0 Å². The van der Waals surface area contributed by atoms with Crippen molar-refractivity contribution >= 4 is 16.7 Å². The zero-order valence-electron chi connectivity index (χ0n) is 12.3. The van der Waals surface area contributed by atoms with Crippen LogP contribution >= 0.6 is 0 Å². The number of H-pyrrole nitrogens is 1. The molecule has 0 bridgehead atoms. The van der Waals surface area contributed by atoms with Crippen molar-refractivity contribution < 1.29 is 5.11 Å². The topological polar surface area (TPSA) is 74.9 Å². The van der Waals surface area contributed by atoms with Crippen molar-refractivity contribution in [1.82, 2.24) is 9.97 Å². The van der Waals surface area contributed by atoms with Gasteiger partial charge in [0, 0.05) is 34.6 Å². The second-order valence-corrected chi connectivity index (χ2v) is 5.49. The summed E-state index contributed by atoms with van der Waals surface area (Å²) in [6, 6.07) is 17.0. The van der Waals surface area contributed by atoms with Gasteiger partial charge in [0.15, 0.2) is 0 Å². The lowest BCUT2D eigenvalue weighted by Gasteiger charge is -2.04. The lowest BCUT2D eigenvalue weighted by Crippen LogP contribution is -1.85. The third-order valence-corrected chi connectivity index (χ3v) is 3.95. The number of hydrogen-bond acceptors (Lipinski definition) is 3. The molecule has 0 aliphatic heterocycles. The molecule has 2 aromatic carbocycles. The minimum absolute atomic E-state index is 0.259.